The van der Waals surface area contributed by atoms with E-state index in [9.17, 15) is 4.79 Å². The van der Waals surface area contributed by atoms with Gasteiger partial charge >= 0.3 is 0 Å². The molecule has 5 nitrogen and oxygen atoms in total. The molecule has 27 heavy (non-hydrogen) atoms. The van der Waals surface area contributed by atoms with Crippen LogP contribution in [0.1, 0.15) is 21.5 Å². The number of fused-ring (bicyclic) bond motifs is 1. The molecule has 2 aromatic carbocycles. The Morgan fingerprint density at radius 2 is 1.78 bits per heavy atom. The van der Waals surface area contributed by atoms with E-state index in [0.717, 1.165) is 21.1 Å². The summed E-state index contributed by atoms with van der Waals surface area (Å²) in [5, 5.41) is 2.85. The molecule has 1 N–H and O–H groups in total. The second-order valence-corrected chi connectivity index (χ2v) is 7.26. The highest BCUT2D eigenvalue weighted by atomic mass is 79.9. The van der Waals surface area contributed by atoms with Gasteiger partial charge in [-0.15, -0.1) is 0 Å². The van der Waals surface area contributed by atoms with E-state index in [1.807, 2.05) is 36.4 Å². The molecule has 0 spiro atoms. The van der Waals surface area contributed by atoms with E-state index in [4.69, 9.17) is 4.42 Å². The van der Waals surface area contributed by atoms with E-state index in [-0.39, 0.29) is 5.91 Å². The number of oxazole rings is 1. The summed E-state index contributed by atoms with van der Waals surface area (Å²) in [5.41, 5.74) is 5.99. The van der Waals surface area contributed by atoms with Crippen molar-refractivity contribution >= 4 is 38.6 Å². The number of nitrogens with one attached hydrogen (secondary N) is 1. The van der Waals surface area contributed by atoms with Crippen molar-refractivity contribution in [2.75, 3.05) is 5.32 Å². The van der Waals surface area contributed by atoms with Gasteiger partial charge in [-0.3, -0.25) is 9.78 Å². The van der Waals surface area contributed by atoms with Gasteiger partial charge < -0.3 is 9.73 Å². The molecule has 0 saturated carbocycles. The molecule has 1 amide bonds. The molecule has 2 heterocycles. The molecule has 0 aliphatic heterocycles. The number of hydrogen-bond acceptors (Lipinski definition) is 4. The number of anilines is 1. The molecule has 2 aromatic heterocycles. The number of halogens is 1. The van der Waals surface area contributed by atoms with Crippen LogP contribution in [0.4, 0.5) is 5.69 Å². The summed E-state index contributed by atoms with van der Waals surface area (Å²) in [4.78, 5) is 20.9. The van der Waals surface area contributed by atoms with E-state index in [2.05, 4.69) is 45.1 Å². The third kappa shape index (κ3) is 3.61. The van der Waals surface area contributed by atoms with E-state index < -0.39 is 0 Å². The lowest BCUT2D eigenvalue weighted by molar-refractivity contribution is 0.102. The third-order valence-electron chi connectivity index (χ3n) is 4.36. The number of amides is 1. The van der Waals surface area contributed by atoms with Gasteiger partial charge in [-0.2, -0.15) is 0 Å². The first-order valence-corrected chi connectivity index (χ1v) is 9.19. The normalized spacial score (nSPS) is 10.9. The molecule has 0 radical (unpaired) electrons. The van der Waals surface area contributed by atoms with Crippen molar-refractivity contribution in [1.29, 1.82) is 0 Å². The molecule has 4 aromatic rings. The van der Waals surface area contributed by atoms with Gasteiger partial charge in [0.25, 0.3) is 5.91 Å². The smallest absolute Gasteiger partial charge is 0.257 e. The van der Waals surface area contributed by atoms with Crippen LogP contribution in [-0.4, -0.2) is 15.9 Å². The average molecular weight is 422 g/mol. The molecular weight excluding hydrogens is 406 g/mol. The lowest BCUT2D eigenvalue weighted by Crippen LogP contribution is -2.12. The van der Waals surface area contributed by atoms with Crippen LogP contribution in [0, 0.1) is 13.8 Å². The van der Waals surface area contributed by atoms with Crippen molar-refractivity contribution in [3.05, 3.63) is 76.0 Å². The van der Waals surface area contributed by atoms with Gasteiger partial charge in [0, 0.05) is 28.1 Å². The highest BCUT2D eigenvalue weighted by Crippen LogP contribution is 2.27. The molecule has 4 rings (SSSR count). The maximum absolute atomic E-state index is 12.3. The van der Waals surface area contributed by atoms with Crippen molar-refractivity contribution < 1.29 is 9.21 Å². The van der Waals surface area contributed by atoms with Crippen LogP contribution in [0.5, 0.6) is 0 Å². The Labute approximate surface area is 164 Å². The summed E-state index contributed by atoms with van der Waals surface area (Å²) in [6, 6.07) is 13.1. The summed E-state index contributed by atoms with van der Waals surface area (Å²) in [6.07, 6.45) is 3.16. The number of pyridine rings is 1. The van der Waals surface area contributed by atoms with Gasteiger partial charge in [0.2, 0.25) is 5.89 Å². The van der Waals surface area contributed by atoms with Crippen LogP contribution < -0.4 is 5.32 Å². The maximum atomic E-state index is 12.3. The summed E-state index contributed by atoms with van der Waals surface area (Å²) >= 11 is 3.31. The van der Waals surface area contributed by atoms with E-state index >= 15 is 0 Å². The van der Waals surface area contributed by atoms with Gasteiger partial charge in [0.15, 0.2) is 5.58 Å². The van der Waals surface area contributed by atoms with Crippen molar-refractivity contribution in [2.45, 2.75) is 13.8 Å². The van der Waals surface area contributed by atoms with E-state index in [1.54, 1.807) is 12.3 Å². The van der Waals surface area contributed by atoms with Crippen molar-refractivity contribution in [2.24, 2.45) is 0 Å². The van der Waals surface area contributed by atoms with Gasteiger partial charge in [-0.25, -0.2) is 4.98 Å². The Bertz CT molecular complexity index is 1110. The molecule has 0 bridgehead atoms. The minimum absolute atomic E-state index is 0.218. The number of carbonyl (C=O) groups is 1. The van der Waals surface area contributed by atoms with E-state index in [1.165, 1.54) is 17.3 Å². The minimum Gasteiger partial charge on any atom is -0.436 e. The standard InChI is InChI=1S/C21H16BrN3O2/c1-12-7-18-19(8-13(12)2)27-21(25-18)14-3-5-17(6-4-14)24-20(26)15-9-16(22)11-23-10-15/h3-11H,1-2H3,(H,24,26). The van der Waals surface area contributed by atoms with Crippen LogP contribution in [0.15, 0.2) is 63.7 Å². The monoisotopic (exact) mass is 421 g/mol. The van der Waals surface area contributed by atoms with Crippen LogP contribution in [0.25, 0.3) is 22.6 Å². The lowest BCUT2D eigenvalue weighted by Gasteiger charge is -2.05. The highest BCUT2D eigenvalue weighted by molar-refractivity contribution is 9.10. The second-order valence-electron chi connectivity index (χ2n) is 6.35. The molecule has 0 fully saturated rings. The SMILES string of the molecule is Cc1cc2nc(-c3ccc(NC(=O)c4cncc(Br)c4)cc3)oc2cc1C. The number of rotatable bonds is 3. The Morgan fingerprint density at radius 1 is 1.04 bits per heavy atom. The zero-order valence-electron chi connectivity index (χ0n) is 14.8. The first kappa shape index (κ1) is 17.4. The number of hydrogen-bond donors (Lipinski definition) is 1. The molecule has 0 aliphatic rings. The van der Waals surface area contributed by atoms with E-state index in [0.29, 0.717) is 17.1 Å². The predicted molar refractivity (Wildman–Crippen MR) is 109 cm³/mol. The summed E-state index contributed by atoms with van der Waals surface area (Å²) in [7, 11) is 0. The molecule has 0 aliphatic carbocycles. The Balaban J connectivity index is 1.56. The summed E-state index contributed by atoms with van der Waals surface area (Å²) in [5.74, 6) is 0.341. The summed E-state index contributed by atoms with van der Waals surface area (Å²) in [6.45, 7) is 4.11. The second kappa shape index (κ2) is 6.96. The number of nitrogens with zero attached hydrogens (tertiary/aromatic N) is 2. The molecule has 6 heteroatoms. The van der Waals surface area contributed by atoms with Crippen LogP contribution in [-0.2, 0) is 0 Å². The van der Waals surface area contributed by atoms with Gasteiger partial charge in [0.05, 0.1) is 5.56 Å². The van der Waals surface area contributed by atoms with Crippen LogP contribution in [0.2, 0.25) is 0 Å². The number of carbonyl (C=O) groups excluding carboxylic acids is 1. The quantitative estimate of drug-likeness (QED) is 0.472. The Hall–Kier alpha value is -2.99. The van der Waals surface area contributed by atoms with Crippen molar-refractivity contribution in [3.63, 3.8) is 0 Å². The zero-order chi connectivity index (χ0) is 19.0. The minimum atomic E-state index is -0.218. The molecule has 134 valence electrons. The molecule has 0 saturated heterocycles. The van der Waals surface area contributed by atoms with Crippen LogP contribution >= 0.6 is 15.9 Å². The Morgan fingerprint density at radius 3 is 2.52 bits per heavy atom. The highest BCUT2D eigenvalue weighted by Gasteiger charge is 2.11. The fourth-order valence-corrected chi connectivity index (χ4v) is 3.10. The number of aryl methyl sites for hydroxylation is 2. The first-order valence-electron chi connectivity index (χ1n) is 8.40. The molecule has 0 atom stereocenters. The number of aromatic nitrogens is 2. The fraction of sp³-hybridized carbons (Fsp3) is 0.0952. The third-order valence-corrected chi connectivity index (χ3v) is 4.79. The fourth-order valence-electron chi connectivity index (χ4n) is 2.74. The largest absolute Gasteiger partial charge is 0.436 e. The van der Waals surface area contributed by atoms with Gasteiger partial charge in [-0.05, 0) is 83.4 Å². The molecular formula is C21H16BrN3O2. The topological polar surface area (TPSA) is 68.0 Å². The predicted octanol–water partition coefficient (Wildman–Crippen LogP) is 5.52. The van der Waals surface area contributed by atoms with Crippen LogP contribution in [0.3, 0.4) is 0 Å². The first-order chi connectivity index (χ1) is 13.0. The maximum Gasteiger partial charge on any atom is 0.257 e. The Kier molecular flexibility index (Phi) is 4.49. The summed E-state index contributed by atoms with van der Waals surface area (Å²) < 4.78 is 6.64. The lowest BCUT2D eigenvalue weighted by atomic mass is 10.1. The van der Waals surface area contributed by atoms with Crippen molar-refractivity contribution in [3.8, 4) is 11.5 Å². The van der Waals surface area contributed by atoms with Gasteiger partial charge in [0.1, 0.15) is 5.52 Å². The van der Waals surface area contributed by atoms with Crippen molar-refractivity contribution in [1.82, 2.24) is 9.97 Å². The van der Waals surface area contributed by atoms with Gasteiger partial charge in [-0.1, -0.05) is 0 Å². The average Bonchev–Trinajstić information content (AvgIpc) is 3.05. The molecule has 0 unspecified atom stereocenters. The zero-order valence-corrected chi connectivity index (χ0v) is 16.4. The number of benzene rings is 2.